The molecule has 1 aromatic rings. The van der Waals surface area contributed by atoms with Crippen molar-refractivity contribution in [2.75, 3.05) is 40.0 Å². The topological polar surface area (TPSA) is 75.9 Å². The van der Waals surface area contributed by atoms with E-state index in [-0.39, 0.29) is 5.91 Å². The highest BCUT2D eigenvalue weighted by Crippen LogP contribution is 2.20. The van der Waals surface area contributed by atoms with Crippen LogP contribution >= 0.6 is 0 Å². The average molecular weight is 293 g/mol. The van der Waals surface area contributed by atoms with Crippen LogP contribution < -0.4 is 5.73 Å². The zero-order valence-electron chi connectivity index (χ0n) is 13.0. The number of nitrogen functional groups attached to an aromatic ring is 1. The molecule has 0 spiro atoms. The van der Waals surface area contributed by atoms with Gasteiger partial charge in [0.1, 0.15) is 0 Å². The molecule has 2 N–H and O–H groups in total. The molecule has 0 saturated carbocycles. The number of hydrogen-bond acceptors (Lipinski definition) is 5. The van der Waals surface area contributed by atoms with E-state index >= 15 is 0 Å². The van der Waals surface area contributed by atoms with Crippen molar-refractivity contribution < 1.29 is 14.3 Å². The predicted molar refractivity (Wildman–Crippen MR) is 81.8 cm³/mol. The quantitative estimate of drug-likeness (QED) is 0.624. The van der Waals surface area contributed by atoms with Gasteiger partial charge in [0.15, 0.2) is 0 Å². The first-order chi connectivity index (χ1) is 9.90. The van der Waals surface area contributed by atoms with Gasteiger partial charge < -0.3 is 15.4 Å². The van der Waals surface area contributed by atoms with E-state index in [4.69, 9.17) is 10.5 Å². The highest BCUT2D eigenvalue weighted by Gasteiger charge is 2.18. The number of likely N-dealkylation sites (N-methyl/N-ethyl adjacent to an activating group) is 2. The van der Waals surface area contributed by atoms with Crippen LogP contribution in [0.1, 0.15) is 22.8 Å². The van der Waals surface area contributed by atoms with E-state index in [1.165, 1.54) is 7.11 Å². The molecule has 6 nitrogen and oxygen atoms in total. The summed E-state index contributed by atoms with van der Waals surface area (Å²) < 4.78 is 4.78. The number of rotatable bonds is 6. The minimum Gasteiger partial charge on any atom is -0.465 e. The summed E-state index contributed by atoms with van der Waals surface area (Å²) in [5, 5.41) is 0. The van der Waals surface area contributed by atoms with Crippen LogP contribution in [0.15, 0.2) is 18.2 Å². The van der Waals surface area contributed by atoms with Crippen molar-refractivity contribution in [3.8, 4) is 0 Å². The molecule has 1 amide bonds. The van der Waals surface area contributed by atoms with Gasteiger partial charge in [0.25, 0.3) is 0 Å². The van der Waals surface area contributed by atoms with Crippen LogP contribution in [0.25, 0.3) is 0 Å². The van der Waals surface area contributed by atoms with E-state index < -0.39 is 5.97 Å². The van der Waals surface area contributed by atoms with Crippen molar-refractivity contribution in [1.29, 1.82) is 0 Å². The lowest BCUT2D eigenvalue weighted by atomic mass is 10.0. The molecule has 0 aromatic heterocycles. The minimum absolute atomic E-state index is 0.0142. The van der Waals surface area contributed by atoms with Crippen LogP contribution in [-0.4, -0.2) is 56.0 Å². The summed E-state index contributed by atoms with van der Waals surface area (Å²) in [6.07, 6.45) is 0. The maximum atomic E-state index is 11.9. The number of amides is 1. The number of hydrogen-bond donors (Lipinski definition) is 1. The second-order valence-electron chi connectivity index (χ2n) is 4.96. The summed E-state index contributed by atoms with van der Waals surface area (Å²) in [6, 6.07) is 5.28. The minimum atomic E-state index is -0.460. The number of ether oxygens (including phenoxy) is 1. The van der Waals surface area contributed by atoms with Crippen molar-refractivity contribution in [2.24, 2.45) is 0 Å². The third-order valence-electron chi connectivity index (χ3n) is 3.27. The zero-order valence-corrected chi connectivity index (χ0v) is 13.0. The molecule has 1 aromatic carbocycles. The van der Waals surface area contributed by atoms with Gasteiger partial charge in [0.05, 0.1) is 19.2 Å². The molecule has 0 aliphatic heterocycles. The Hall–Kier alpha value is -2.08. The van der Waals surface area contributed by atoms with E-state index in [2.05, 4.69) is 0 Å². The molecular formula is C15H23N3O3. The second kappa shape index (κ2) is 7.64. The molecular weight excluding hydrogens is 270 g/mol. The average Bonchev–Trinajstić information content (AvgIpc) is 2.45. The first-order valence-corrected chi connectivity index (χ1v) is 6.78. The van der Waals surface area contributed by atoms with Gasteiger partial charge in [-0.3, -0.25) is 9.69 Å². The Bertz CT molecular complexity index is 515. The fraction of sp³-hybridized carbons (Fsp3) is 0.467. The molecule has 0 aliphatic rings. The van der Waals surface area contributed by atoms with Gasteiger partial charge in [0, 0.05) is 26.3 Å². The van der Waals surface area contributed by atoms with Crippen molar-refractivity contribution in [2.45, 2.75) is 13.5 Å². The fourth-order valence-electron chi connectivity index (χ4n) is 1.96. The number of nitrogens with two attached hydrogens (primary N) is 1. The molecule has 0 radical (unpaired) electrons. The second-order valence-corrected chi connectivity index (χ2v) is 4.96. The van der Waals surface area contributed by atoms with Crippen molar-refractivity contribution in [1.82, 2.24) is 9.80 Å². The molecule has 0 fully saturated rings. The summed E-state index contributed by atoms with van der Waals surface area (Å²) in [7, 11) is 4.76. The number of carbonyl (C=O) groups is 2. The van der Waals surface area contributed by atoms with E-state index in [9.17, 15) is 9.59 Å². The largest absolute Gasteiger partial charge is 0.465 e. The van der Waals surface area contributed by atoms with Gasteiger partial charge in [-0.15, -0.1) is 0 Å². The van der Waals surface area contributed by atoms with Gasteiger partial charge in [-0.25, -0.2) is 4.79 Å². The summed E-state index contributed by atoms with van der Waals surface area (Å²) in [6.45, 7) is 3.41. The van der Waals surface area contributed by atoms with Crippen LogP contribution in [0, 0.1) is 0 Å². The van der Waals surface area contributed by atoms with Gasteiger partial charge in [-0.1, -0.05) is 19.1 Å². The Morgan fingerprint density at radius 2 is 1.95 bits per heavy atom. The molecule has 1 rings (SSSR count). The number of nitrogens with zero attached hydrogens (tertiary/aromatic N) is 2. The Labute approximate surface area is 125 Å². The highest BCUT2D eigenvalue weighted by atomic mass is 16.5. The number of carbonyl (C=O) groups excluding carboxylic acids is 2. The third kappa shape index (κ3) is 4.46. The summed E-state index contributed by atoms with van der Waals surface area (Å²) in [5.41, 5.74) is 7.38. The van der Waals surface area contributed by atoms with E-state index in [1.807, 2.05) is 17.9 Å². The van der Waals surface area contributed by atoms with Crippen LogP contribution in [0.5, 0.6) is 0 Å². The highest BCUT2D eigenvalue weighted by molar-refractivity contribution is 5.96. The number of methoxy groups -OCH3 is 1. The van der Waals surface area contributed by atoms with E-state index in [0.29, 0.717) is 30.9 Å². The molecule has 0 atom stereocenters. The normalized spacial score (nSPS) is 10.5. The third-order valence-corrected chi connectivity index (χ3v) is 3.27. The number of anilines is 1. The molecule has 21 heavy (non-hydrogen) atoms. The first-order valence-electron chi connectivity index (χ1n) is 6.78. The Balaban J connectivity index is 2.97. The lowest BCUT2D eigenvalue weighted by Crippen LogP contribution is -2.36. The van der Waals surface area contributed by atoms with Crippen LogP contribution in [0.4, 0.5) is 5.69 Å². The van der Waals surface area contributed by atoms with Crippen LogP contribution in [0.3, 0.4) is 0 Å². The predicted octanol–water partition coefficient (Wildman–Crippen LogP) is 0.965. The van der Waals surface area contributed by atoms with E-state index in [0.717, 1.165) is 5.56 Å². The Morgan fingerprint density at radius 3 is 2.48 bits per heavy atom. The Kier molecular flexibility index (Phi) is 6.17. The lowest BCUT2D eigenvalue weighted by molar-refractivity contribution is -0.130. The molecule has 0 saturated heterocycles. The standard InChI is InChI=1S/C15H23N3O3/c1-5-18(10-13(19)17(2)3)9-11-7-6-8-12(16)14(11)15(20)21-4/h6-8H,5,9-10,16H2,1-4H3. The van der Waals surface area contributed by atoms with Gasteiger partial charge in [0.2, 0.25) is 5.91 Å². The summed E-state index contributed by atoms with van der Waals surface area (Å²) >= 11 is 0. The van der Waals surface area contributed by atoms with Crippen molar-refractivity contribution in [3.63, 3.8) is 0 Å². The summed E-state index contributed by atoms with van der Waals surface area (Å²) in [4.78, 5) is 27.2. The van der Waals surface area contributed by atoms with E-state index in [1.54, 1.807) is 31.1 Å². The van der Waals surface area contributed by atoms with Crippen molar-refractivity contribution >= 4 is 17.6 Å². The summed E-state index contributed by atoms with van der Waals surface area (Å²) in [5.74, 6) is -0.446. The zero-order chi connectivity index (χ0) is 16.0. The van der Waals surface area contributed by atoms with Gasteiger partial charge in [-0.2, -0.15) is 0 Å². The fourth-order valence-corrected chi connectivity index (χ4v) is 1.96. The molecule has 6 heteroatoms. The molecule has 0 aliphatic carbocycles. The number of benzene rings is 1. The van der Waals surface area contributed by atoms with Crippen molar-refractivity contribution in [3.05, 3.63) is 29.3 Å². The first kappa shape index (κ1) is 17.0. The molecule has 0 bridgehead atoms. The monoisotopic (exact) mass is 293 g/mol. The SMILES string of the molecule is CCN(CC(=O)N(C)C)Cc1cccc(N)c1C(=O)OC. The van der Waals surface area contributed by atoms with Crippen LogP contribution in [0.2, 0.25) is 0 Å². The van der Waals surface area contributed by atoms with Gasteiger partial charge in [-0.05, 0) is 18.2 Å². The lowest BCUT2D eigenvalue weighted by Gasteiger charge is -2.23. The smallest absolute Gasteiger partial charge is 0.340 e. The number of esters is 1. The molecule has 0 heterocycles. The van der Waals surface area contributed by atoms with Crippen LogP contribution in [-0.2, 0) is 16.1 Å². The maximum Gasteiger partial charge on any atom is 0.340 e. The maximum absolute atomic E-state index is 11.9. The molecule has 116 valence electrons. The molecule has 0 unspecified atom stereocenters. The Morgan fingerprint density at radius 1 is 1.29 bits per heavy atom. The van der Waals surface area contributed by atoms with Gasteiger partial charge >= 0.3 is 5.97 Å².